The number of nitrogens with zero attached hydrogens (tertiary/aromatic N) is 1. The van der Waals surface area contributed by atoms with E-state index in [1.807, 2.05) is 0 Å². The van der Waals surface area contributed by atoms with Crippen molar-refractivity contribution in [2.75, 3.05) is 0 Å². The van der Waals surface area contributed by atoms with Gasteiger partial charge in [-0.1, -0.05) is 17.7 Å². The van der Waals surface area contributed by atoms with Gasteiger partial charge in [-0.2, -0.15) is 0 Å². The van der Waals surface area contributed by atoms with Gasteiger partial charge in [-0.15, -0.1) is 0 Å². The fourth-order valence-corrected chi connectivity index (χ4v) is 2.10. The van der Waals surface area contributed by atoms with Crippen LogP contribution < -0.4 is 0 Å². The van der Waals surface area contributed by atoms with E-state index in [2.05, 4.69) is 9.97 Å². The summed E-state index contributed by atoms with van der Waals surface area (Å²) >= 11 is 5.91. The SMILES string of the molecule is Fc1cc2nc(-c3c(F)cccc3Cl)[nH]c2cc1F. The summed E-state index contributed by atoms with van der Waals surface area (Å²) in [5.74, 6) is -2.44. The van der Waals surface area contributed by atoms with Crippen LogP contribution in [-0.4, -0.2) is 9.97 Å². The van der Waals surface area contributed by atoms with Crippen LogP contribution in [0.1, 0.15) is 0 Å². The smallest absolute Gasteiger partial charge is 0.161 e. The van der Waals surface area contributed by atoms with Crippen LogP contribution in [0.4, 0.5) is 13.2 Å². The summed E-state index contributed by atoms with van der Waals surface area (Å²) in [5.41, 5.74) is 0.544. The van der Waals surface area contributed by atoms with Crippen LogP contribution in [0.3, 0.4) is 0 Å². The summed E-state index contributed by atoms with van der Waals surface area (Å²) in [6.07, 6.45) is 0. The normalized spacial score (nSPS) is 11.2. The zero-order chi connectivity index (χ0) is 13.6. The molecule has 0 bridgehead atoms. The number of fused-ring (bicyclic) bond motifs is 1. The molecule has 0 amide bonds. The van der Waals surface area contributed by atoms with Crippen molar-refractivity contribution in [1.29, 1.82) is 0 Å². The Labute approximate surface area is 110 Å². The van der Waals surface area contributed by atoms with Crippen molar-refractivity contribution >= 4 is 22.6 Å². The lowest BCUT2D eigenvalue weighted by molar-refractivity contribution is 0.510. The maximum Gasteiger partial charge on any atom is 0.161 e. The number of halogens is 4. The standard InChI is InChI=1S/C13H6ClF3N2/c14-6-2-1-3-7(15)12(6)13-18-10-4-8(16)9(17)5-11(10)19-13/h1-5H,(H,18,19). The molecule has 19 heavy (non-hydrogen) atoms. The number of hydrogen-bond donors (Lipinski definition) is 1. The van der Waals surface area contributed by atoms with Gasteiger partial charge in [-0.3, -0.25) is 0 Å². The van der Waals surface area contributed by atoms with E-state index in [0.29, 0.717) is 0 Å². The van der Waals surface area contributed by atoms with Crippen LogP contribution in [0.2, 0.25) is 5.02 Å². The second-order valence-corrected chi connectivity index (χ2v) is 4.37. The average molecular weight is 283 g/mol. The molecule has 0 atom stereocenters. The first-order valence-electron chi connectivity index (χ1n) is 5.35. The summed E-state index contributed by atoms with van der Waals surface area (Å²) in [6.45, 7) is 0. The topological polar surface area (TPSA) is 28.7 Å². The molecule has 0 spiro atoms. The molecule has 2 nitrogen and oxygen atoms in total. The Morgan fingerprint density at radius 2 is 1.74 bits per heavy atom. The van der Waals surface area contributed by atoms with E-state index in [-0.39, 0.29) is 27.4 Å². The van der Waals surface area contributed by atoms with Gasteiger partial charge in [0.25, 0.3) is 0 Å². The van der Waals surface area contributed by atoms with Gasteiger partial charge < -0.3 is 4.98 Å². The van der Waals surface area contributed by atoms with Gasteiger partial charge in [0.1, 0.15) is 11.6 Å². The van der Waals surface area contributed by atoms with Crippen LogP contribution in [0.5, 0.6) is 0 Å². The van der Waals surface area contributed by atoms with E-state index in [1.54, 1.807) is 0 Å². The van der Waals surface area contributed by atoms with E-state index >= 15 is 0 Å². The first kappa shape index (κ1) is 12.0. The van der Waals surface area contributed by atoms with Crippen molar-refractivity contribution in [2.24, 2.45) is 0 Å². The molecular weight excluding hydrogens is 277 g/mol. The van der Waals surface area contributed by atoms with Crippen molar-refractivity contribution in [3.8, 4) is 11.4 Å². The van der Waals surface area contributed by atoms with Gasteiger partial charge in [0.2, 0.25) is 0 Å². The van der Waals surface area contributed by atoms with Gasteiger partial charge in [-0.05, 0) is 12.1 Å². The Morgan fingerprint density at radius 3 is 2.47 bits per heavy atom. The molecule has 0 aliphatic rings. The largest absolute Gasteiger partial charge is 0.338 e. The fraction of sp³-hybridized carbons (Fsp3) is 0. The highest BCUT2D eigenvalue weighted by Gasteiger charge is 2.15. The van der Waals surface area contributed by atoms with Gasteiger partial charge in [0, 0.05) is 12.1 Å². The third-order valence-electron chi connectivity index (χ3n) is 2.72. The highest BCUT2D eigenvalue weighted by Crippen LogP contribution is 2.30. The number of aromatic amines is 1. The van der Waals surface area contributed by atoms with E-state index in [0.717, 1.165) is 12.1 Å². The first-order valence-corrected chi connectivity index (χ1v) is 5.73. The third kappa shape index (κ3) is 1.96. The fourth-order valence-electron chi connectivity index (χ4n) is 1.85. The van der Waals surface area contributed by atoms with Crippen LogP contribution in [0, 0.1) is 17.5 Å². The molecule has 0 radical (unpaired) electrons. The Morgan fingerprint density at radius 1 is 1.00 bits per heavy atom. The first-order chi connectivity index (χ1) is 9.06. The molecule has 0 aliphatic carbocycles. The van der Waals surface area contributed by atoms with Gasteiger partial charge >= 0.3 is 0 Å². The Hall–Kier alpha value is -2.01. The highest BCUT2D eigenvalue weighted by molar-refractivity contribution is 6.33. The van der Waals surface area contributed by atoms with Crippen molar-refractivity contribution in [3.05, 3.63) is 52.8 Å². The highest BCUT2D eigenvalue weighted by atomic mass is 35.5. The maximum absolute atomic E-state index is 13.7. The number of aromatic nitrogens is 2. The maximum atomic E-state index is 13.7. The Bertz CT molecular complexity index is 724. The molecule has 0 saturated carbocycles. The summed E-state index contributed by atoms with van der Waals surface area (Å²) < 4.78 is 39.9. The predicted octanol–water partition coefficient (Wildman–Crippen LogP) is 4.30. The minimum atomic E-state index is -1.01. The van der Waals surface area contributed by atoms with Gasteiger partial charge in [0.15, 0.2) is 11.6 Å². The molecule has 0 saturated heterocycles. The lowest BCUT2D eigenvalue weighted by atomic mass is 10.2. The molecule has 0 unspecified atom stereocenters. The number of rotatable bonds is 1. The molecule has 0 fully saturated rings. The number of imidazole rings is 1. The minimum Gasteiger partial charge on any atom is -0.338 e. The molecule has 2 aromatic carbocycles. The summed E-state index contributed by atoms with van der Waals surface area (Å²) in [6, 6.07) is 6.11. The number of hydrogen-bond acceptors (Lipinski definition) is 1. The molecule has 96 valence electrons. The molecule has 1 aromatic heterocycles. The molecule has 6 heteroatoms. The monoisotopic (exact) mass is 282 g/mol. The number of H-pyrrole nitrogens is 1. The van der Waals surface area contributed by atoms with E-state index in [9.17, 15) is 13.2 Å². The molecule has 1 heterocycles. The Kier molecular flexibility index (Phi) is 2.71. The summed E-state index contributed by atoms with van der Waals surface area (Å²) in [5, 5.41) is 0.167. The van der Waals surface area contributed by atoms with E-state index in [4.69, 9.17) is 11.6 Å². The molecular formula is C13H6ClF3N2. The zero-order valence-corrected chi connectivity index (χ0v) is 10.1. The molecule has 3 aromatic rings. The molecule has 0 aliphatic heterocycles. The van der Waals surface area contributed by atoms with Crippen molar-refractivity contribution in [1.82, 2.24) is 9.97 Å². The third-order valence-corrected chi connectivity index (χ3v) is 3.04. The lowest BCUT2D eigenvalue weighted by Crippen LogP contribution is -1.87. The second kappa shape index (κ2) is 4.28. The molecule has 3 rings (SSSR count). The molecule has 1 N–H and O–H groups in total. The van der Waals surface area contributed by atoms with Crippen molar-refractivity contribution in [2.45, 2.75) is 0 Å². The predicted molar refractivity (Wildman–Crippen MR) is 66.4 cm³/mol. The Balaban J connectivity index is 2.26. The van der Waals surface area contributed by atoms with Crippen LogP contribution >= 0.6 is 11.6 Å². The minimum absolute atomic E-state index is 0.0705. The average Bonchev–Trinajstić information content (AvgIpc) is 2.72. The van der Waals surface area contributed by atoms with E-state index in [1.165, 1.54) is 18.2 Å². The van der Waals surface area contributed by atoms with Gasteiger partial charge in [-0.25, -0.2) is 18.2 Å². The van der Waals surface area contributed by atoms with Crippen LogP contribution in [0.25, 0.3) is 22.4 Å². The van der Waals surface area contributed by atoms with Crippen molar-refractivity contribution < 1.29 is 13.2 Å². The lowest BCUT2D eigenvalue weighted by Gasteiger charge is -2.01. The van der Waals surface area contributed by atoms with E-state index < -0.39 is 17.5 Å². The van der Waals surface area contributed by atoms with Crippen LogP contribution in [0.15, 0.2) is 30.3 Å². The number of benzene rings is 2. The van der Waals surface area contributed by atoms with Crippen molar-refractivity contribution in [3.63, 3.8) is 0 Å². The summed E-state index contributed by atoms with van der Waals surface area (Å²) in [7, 11) is 0. The number of nitrogens with one attached hydrogen (secondary N) is 1. The zero-order valence-electron chi connectivity index (χ0n) is 9.35. The summed E-state index contributed by atoms with van der Waals surface area (Å²) in [4.78, 5) is 6.74. The quantitative estimate of drug-likeness (QED) is 0.708. The van der Waals surface area contributed by atoms with Crippen LogP contribution in [-0.2, 0) is 0 Å². The van der Waals surface area contributed by atoms with Gasteiger partial charge in [0.05, 0.1) is 21.6 Å². The second-order valence-electron chi connectivity index (χ2n) is 3.97.